The Hall–Kier alpha value is -1.09. The van der Waals surface area contributed by atoms with Gasteiger partial charge in [-0.05, 0) is 39.3 Å². The second-order valence-electron chi connectivity index (χ2n) is 5.53. The van der Waals surface area contributed by atoms with E-state index in [0.717, 1.165) is 25.2 Å². The van der Waals surface area contributed by atoms with Gasteiger partial charge in [-0.2, -0.15) is 0 Å². The van der Waals surface area contributed by atoms with Crippen LogP contribution in [-0.2, 0) is 6.54 Å². The molecule has 0 fully saturated rings. The highest BCUT2D eigenvalue weighted by atomic mass is 15.1. The van der Waals surface area contributed by atoms with Gasteiger partial charge in [-0.25, -0.2) is 0 Å². The molecule has 0 atom stereocenters. The van der Waals surface area contributed by atoms with E-state index in [1.807, 2.05) is 6.20 Å². The lowest BCUT2D eigenvalue weighted by molar-refractivity contribution is 0.421. The third-order valence-electron chi connectivity index (χ3n) is 2.60. The highest BCUT2D eigenvalue weighted by molar-refractivity contribution is 5.45. The molecular weight excluding hydrogens is 210 g/mol. The van der Waals surface area contributed by atoms with Gasteiger partial charge in [0.05, 0.1) is 5.69 Å². The van der Waals surface area contributed by atoms with E-state index in [9.17, 15) is 0 Å². The van der Waals surface area contributed by atoms with E-state index >= 15 is 0 Å². The normalized spacial score (nSPS) is 11.6. The molecule has 0 radical (unpaired) electrons. The average molecular weight is 235 g/mol. The molecule has 1 aromatic rings. The molecule has 1 N–H and O–H groups in total. The minimum absolute atomic E-state index is 0.132. The van der Waals surface area contributed by atoms with Gasteiger partial charge < -0.3 is 10.2 Å². The first-order valence-corrected chi connectivity index (χ1v) is 6.33. The number of aromatic nitrogens is 1. The van der Waals surface area contributed by atoms with E-state index in [1.54, 1.807) is 0 Å². The molecule has 1 aromatic heterocycles. The van der Waals surface area contributed by atoms with Gasteiger partial charge in [0.15, 0.2) is 0 Å². The third-order valence-corrected chi connectivity index (χ3v) is 2.60. The Morgan fingerprint density at radius 3 is 2.65 bits per heavy atom. The van der Waals surface area contributed by atoms with E-state index < -0.39 is 0 Å². The Labute approximate surface area is 105 Å². The van der Waals surface area contributed by atoms with Gasteiger partial charge in [0, 0.05) is 37.6 Å². The van der Waals surface area contributed by atoms with E-state index in [1.165, 1.54) is 5.69 Å². The smallest absolute Gasteiger partial charge is 0.0562 e. The second kappa shape index (κ2) is 6.01. The zero-order valence-corrected chi connectivity index (χ0v) is 11.7. The Morgan fingerprint density at radius 2 is 2.06 bits per heavy atom. The summed E-state index contributed by atoms with van der Waals surface area (Å²) < 4.78 is 0. The van der Waals surface area contributed by atoms with Gasteiger partial charge in [0.1, 0.15) is 0 Å². The molecule has 0 aliphatic carbocycles. The quantitative estimate of drug-likeness (QED) is 0.850. The Morgan fingerprint density at radius 1 is 1.35 bits per heavy atom. The highest BCUT2D eigenvalue weighted by Gasteiger charge is 2.09. The van der Waals surface area contributed by atoms with Crippen molar-refractivity contribution in [1.82, 2.24) is 10.3 Å². The standard InChI is InChI=1S/C14H25N3/c1-6-9-17(5)13-7-8-15-12(10-13)11-16-14(2,3)4/h7-8,10,16H,6,9,11H2,1-5H3. The highest BCUT2D eigenvalue weighted by Crippen LogP contribution is 2.13. The van der Waals surface area contributed by atoms with Crippen LogP contribution < -0.4 is 10.2 Å². The van der Waals surface area contributed by atoms with Crippen molar-refractivity contribution in [3.8, 4) is 0 Å². The lowest BCUT2D eigenvalue weighted by Crippen LogP contribution is -2.35. The van der Waals surface area contributed by atoms with Gasteiger partial charge in [0.25, 0.3) is 0 Å². The van der Waals surface area contributed by atoms with Crippen molar-refractivity contribution < 1.29 is 0 Å². The van der Waals surface area contributed by atoms with Crippen LogP contribution in [0.4, 0.5) is 5.69 Å². The van der Waals surface area contributed by atoms with Gasteiger partial charge in [0.2, 0.25) is 0 Å². The molecule has 3 nitrogen and oxygen atoms in total. The molecule has 0 bridgehead atoms. The fourth-order valence-corrected chi connectivity index (χ4v) is 1.62. The van der Waals surface area contributed by atoms with Crippen molar-refractivity contribution in [2.45, 2.75) is 46.2 Å². The van der Waals surface area contributed by atoms with Gasteiger partial charge in [-0.1, -0.05) is 6.92 Å². The number of nitrogens with one attached hydrogen (secondary N) is 1. The molecule has 0 aromatic carbocycles. The molecule has 96 valence electrons. The summed E-state index contributed by atoms with van der Waals surface area (Å²) in [6.45, 7) is 10.6. The molecule has 0 saturated heterocycles. The van der Waals surface area contributed by atoms with Crippen molar-refractivity contribution in [1.29, 1.82) is 0 Å². The number of anilines is 1. The molecule has 0 spiro atoms. The van der Waals surface area contributed by atoms with Crippen LogP contribution in [0.3, 0.4) is 0 Å². The van der Waals surface area contributed by atoms with Crippen LogP contribution in [0.5, 0.6) is 0 Å². The number of hydrogen-bond acceptors (Lipinski definition) is 3. The number of hydrogen-bond donors (Lipinski definition) is 1. The average Bonchev–Trinajstić information content (AvgIpc) is 2.26. The second-order valence-corrected chi connectivity index (χ2v) is 5.53. The number of rotatable bonds is 5. The fourth-order valence-electron chi connectivity index (χ4n) is 1.62. The maximum atomic E-state index is 4.40. The predicted octanol–water partition coefficient (Wildman–Crippen LogP) is 2.82. The zero-order valence-electron chi connectivity index (χ0n) is 11.7. The lowest BCUT2D eigenvalue weighted by Gasteiger charge is -2.22. The van der Waals surface area contributed by atoms with E-state index in [-0.39, 0.29) is 5.54 Å². The van der Waals surface area contributed by atoms with Crippen molar-refractivity contribution in [2.24, 2.45) is 0 Å². The third kappa shape index (κ3) is 5.18. The first-order valence-electron chi connectivity index (χ1n) is 6.33. The fraction of sp³-hybridized carbons (Fsp3) is 0.643. The monoisotopic (exact) mass is 235 g/mol. The van der Waals surface area contributed by atoms with Crippen molar-refractivity contribution in [3.63, 3.8) is 0 Å². The molecular formula is C14H25N3. The summed E-state index contributed by atoms with van der Waals surface area (Å²) in [4.78, 5) is 6.66. The summed E-state index contributed by atoms with van der Waals surface area (Å²) in [5.74, 6) is 0. The Balaban J connectivity index is 2.66. The molecule has 0 aliphatic rings. The summed E-state index contributed by atoms with van der Waals surface area (Å²) >= 11 is 0. The van der Waals surface area contributed by atoms with E-state index in [4.69, 9.17) is 0 Å². The van der Waals surface area contributed by atoms with Crippen LogP contribution in [0.15, 0.2) is 18.3 Å². The predicted molar refractivity (Wildman–Crippen MR) is 74.4 cm³/mol. The van der Waals surface area contributed by atoms with Crippen LogP contribution in [-0.4, -0.2) is 24.1 Å². The molecule has 0 amide bonds. The van der Waals surface area contributed by atoms with Crippen LogP contribution in [0, 0.1) is 0 Å². The first kappa shape index (κ1) is 14.0. The Bertz CT molecular complexity index is 342. The molecule has 0 aliphatic heterocycles. The summed E-state index contributed by atoms with van der Waals surface area (Å²) in [6, 6.07) is 4.23. The van der Waals surface area contributed by atoms with Crippen LogP contribution in [0.2, 0.25) is 0 Å². The molecule has 1 heterocycles. The number of pyridine rings is 1. The zero-order chi connectivity index (χ0) is 12.9. The topological polar surface area (TPSA) is 28.2 Å². The van der Waals surface area contributed by atoms with Gasteiger partial charge in [-0.15, -0.1) is 0 Å². The Kier molecular flexibility index (Phi) is 4.94. The van der Waals surface area contributed by atoms with Gasteiger partial charge >= 0.3 is 0 Å². The molecule has 0 unspecified atom stereocenters. The first-order chi connectivity index (χ1) is 7.92. The largest absolute Gasteiger partial charge is 0.375 e. The van der Waals surface area contributed by atoms with Crippen LogP contribution >= 0.6 is 0 Å². The maximum absolute atomic E-state index is 4.40. The van der Waals surface area contributed by atoms with Crippen molar-refractivity contribution >= 4 is 5.69 Å². The molecule has 0 saturated carbocycles. The minimum atomic E-state index is 0.132. The summed E-state index contributed by atoms with van der Waals surface area (Å²) in [5, 5.41) is 3.46. The summed E-state index contributed by atoms with van der Waals surface area (Å²) in [6.07, 6.45) is 3.05. The lowest BCUT2D eigenvalue weighted by atomic mass is 10.1. The summed E-state index contributed by atoms with van der Waals surface area (Å²) in [7, 11) is 2.12. The summed E-state index contributed by atoms with van der Waals surface area (Å²) in [5.41, 5.74) is 2.47. The molecule has 1 rings (SSSR count). The molecule has 3 heteroatoms. The van der Waals surface area contributed by atoms with Crippen molar-refractivity contribution in [3.05, 3.63) is 24.0 Å². The van der Waals surface area contributed by atoms with Crippen molar-refractivity contribution in [2.75, 3.05) is 18.5 Å². The van der Waals surface area contributed by atoms with E-state index in [2.05, 4.69) is 62.1 Å². The maximum Gasteiger partial charge on any atom is 0.0562 e. The van der Waals surface area contributed by atoms with E-state index in [0.29, 0.717) is 0 Å². The van der Waals surface area contributed by atoms with Crippen LogP contribution in [0.25, 0.3) is 0 Å². The van der Waals surface area contributed by atoms with Gasteiger partial charge in [-0.3, -0.25) is 4.98 Å². The minimum Gasteiger partial charge on any atom is -0.375 e. The van der Waals surface area contributed by atoms with Crippen LogP contribution in [0.1, 0.15) is 39.8 Å². The number of nitrogens with zero attached hydrogens (tertiary/aromatic N) is 2. The SMILES string of the molecule is CCCN(C)c1ccnc(CNC(C)(C)C)c1. The molecule has 17 heavy (non-hydrogen) atoms.